The average molecular weight is 305 g/mol. The van der Waals surface area contributed by atoms with Crippen molar-refractivity contribution in [3.05, 3.63) is 35.1 Å². The molecule has 0 amide bonds. The Balaban J connectivity index is 2.26. The normalized spacial score (nSPS) is 18.7. The number of alkyl halides is 3. The third-order valence-electron chi connectivity index (χ3n) is 3.82. The summed E-state index contributed by atoms with van der Waals surface area (Å²) < 4.78 is 56.9. The third-order valence-corrected chi connectivity index (χ3v) is 3.82. The SMILES string of the molecule is CCNC(c1ccc(C(F)(F)F)c(F)c1)C1CCOCC1. The van der Waals surface area contributed by atoms with Crippen LogP contribution in [0.1, 0.15) is 36.9 Å². The summed E-state index contributed by atoms with van der Waals surface area (Å²) in [7, 11) is 0. The van der Waals surface area contributed by atoms with E-state index in [-0.39, 0.29) is 12.0 Å². The zero-order valence-corrected chi connectivity index (χ0v) is 11.8. The van der Waals surface area contributed by atoms with E-state index in [0.29, 0.717) is 25.3 Å². The van der Waals surface area contributed by atoms with Crippen LogP contribution in [0.4, 0.5) is 17.6 Å². The van der Waals surface area contributed by atoms with Gasteiger partial charge in [-0.05, 0) is 43.0 Å². The molecule has 0 radical (unpaired) electrons. The van der Waals surface area contributed by atoms with E-state index in [4.69, 9.17) is 4.74 Å². The van der Waals surface area contributed by atoms with Crippen LogP contribution in [-0.2, 0) is 10.9 Å². The van der Waals surface area contributed by atoms with Crippen LogP contribution in [0.2, 0.25) is 0 Å². The molecule has 1 N–H and O–H groups in total. The molecular weight excluding hydrogens is 286 g/mol. The van der Waals surface area contributed by atoms with Gasteiger partial charge in [-0.25, -0.2) is 4.39 Å². The van der Waals surface area contributed by atoms with E-state index in [0.717, 1.165) is 25.0 Å². The first-order valence-electron chi connectivity index (χ1n) is 7.11. The number of benzene rings is 1. The van der Waals surface area contributed by atoms with Gasteiger partial charge in [0.15, 0.2) is 0 Å². The Morgan fingerprint density at radius 3 is 2.48 bits per heavy atom. The molecule has 118 valence electrons. The fourth-order valence-corrected chi connectivity index (χ4v) is 2.78. The van der Waals surface area contributed by atoms with Gasteiger partial charge >= 0.3 is 6.18 Å². The van der Waals surface area contributed by atoms with Crippen LogP contribution in [0.15, 0.2) is 18.2 Å². The molecule has 21 heavy (non-hydrogen) atoms. The fourth-order valence-electron chi connectivity index (χ4n) is 2.78. The smallest absolute Gasteiger partial charge is 0.381 e. The average Bonchev–Trinajstić information content (AvgIpc) is 2.44. The lowest BCUT2D eigenvalue weighted by atomic mass is 9.86. The highest BCUT2D eigenvalue weighted by molar-refractivity contribution is 5.29. The summed E-state index contributed by atoms with van der Waals surface area (Å²) in [5.41, 5.74) is -0.650. The maximum Gasteiger partial charge on any atom is 0.419 e. The molecular formula is C15H19F4NO. The van der Waals surface area contributed by atoms with Crippen LogP contribution in [0.25, 0.3) is 0 Å². The maximum atomic E-state index is 13.7. The zero-order valence-electron chi connectivity index (χ0n) is 11.8. The van der Waals surface area contributed by atoms with Crippen LogP contribution in [0, 0.1) is 11.7 Å². The predicted octanol–water partition coefficient (Wildman–Crippen LogP) is 3.92. The number of hydrogen-bond acceptors (Lipinski definition) is 2. The van der Waals surface area contributed by atoms with E-state index in [1.165, 1.54) is 6.07 Å². The summed E-state index contributed by atoms with van der Waals surface area (Å²) in [5, 5.41) is 3.25. The van der Waals surface area contributed by atoms with E-state index in [2.05, 4.69) is 5.32 Å². The van der Waals surface area contributed by atoms with Crippen LogP contribution < -0.4 is 5.32 Å². The molecule has 1 atom stereocenters. The van der Waals surface area contributed by atoms with Crippen molar-refractivity contribution in [3.63, 3.8) is 0 Å². The van der Waals surface area contributed by atoms with Crippen LogP contribution in [0.5, 0.6) is 0 Å². The number of ether oxygens (including phenoxy) is 1. The van der Waals surface area contributed by atoms with E-state index >= 15 is 0 Å². The summed E-state index contributed by atoms with van der Waals surface area (Å²) in [4.78, 5) is 0. The van der Waals surface area contributed by atoms with Crippen LogP contribution >= 0.6 is 0 Å². The number of nitrogens with one attached hydrogen (secondary N) is 1. The quantitative estimate of drug-likeness (QED) is 0.851. The highest BCUT2D eigenvalue weighted by Crippen LogP contribution is 2.35. The second kappa shape index (κ2) is 6.75. The molecule has 1 aromatic rings. The van der Waals surface area contributed by atoms with Crippen LogP contribution in [-0.4, -0.2) is 19.8 Å². The first-order chi connectivity index (χ1) is 9.93. The molecule has 1 aliphatic heterocycles. The fraction of sp³-hybridized carbons (Fsp3) is 0.600. The van der Waals surface area contributed by atoms with Gasteiger partial charge in [0.1, 0.15) is 5.82 Å². The van der Waals surface area contributed by atoms with Gasteiger partial charge in [0, 0.05) is 19.3 Å². The van der Waals surface area contributed by atoms with Crippen molar-refractivity contribution < 1.29 is 22.3 Å². The van der Waals surface area contributed by atoms with Crippen molar-refractivity contribution >= 4 is 0 Å². The Morgan fingerprint density at radius 1 is 1.29 bits per heavy atom. The molecule has 6 heteroatoms. The van der Waals surface area contributed by atoms with Crippen molar-refractivity contribution in [2.24, 2.45) is 5.92 Å². The van der Waals surface area contributed by atoms with Gasteiger partial charge in [0.2, 0.25) is 0 Å². The minimum atomic E-state index is -4.66. The Morgan fingerprint density at radius 2 is 1.95 bits per heavy atom. The van der Waals surface area contributed by atoms with Gasteiger partial charge in [-0.2, -0.15) is 13.2 Å². The van der Waals surface area contributed by atoms with Gasteiger partial charge in [-0.1, -0.05) is 13.0 Å². The Bertz CT molecular complexity index is 469. The van der Waals surface area contributed by atoms with E-state index in [9.17, 15) is 17.6 Å². The van der Waals surface area contributed by atoms with Crippen LogP contribution in [0.3, 0.4) is 0 Å². The zero-order chi connectivity index (χ0) is 15.5. The van der Waals surface area contributed by atoms with Crippen molar-refractivity contribution in [3.8, 4) is 0 Å². The molecule has 1 heterocycles. The van der Waals surface area contributed by atoms with Crippen molar-refractivity contribution in [2.75, 3.05) is 19.8 Å². The van der Waals surface area contributed by atoms with Gasteiger partial charge < -0.3 is 10.1 Å². The first kappa shape index (κ1) is 16.2. The van der Waals surface area contributed by atoms with Crippen molar-refractivity contribution in [2.45, 2.75) is 32.0 Å². The number of rotatable bonds is 4. The topological polar surface area (TPSA) is 21.3 Å². The van der Waals surface area contributed by atoms with E-state index in [1.54, 1.807) is 0 Å². The maximum absolute atomic E-state index is 13.7. The summed E-state index contributed by atoms with van der Waals surface area (Å²) >= 11 is 0. The molecule has 0 bridgehead atoms. The Labute approximate surface area is 121 Å². The van der Waals surface area contributed by atoms with Gasteiger partial charge in [0.05, 0.1) is 5.56 Å². The molecule has 1 aliphatic rings. The molecule has 2 nitrogen and oxygen atoms in total. The molecule has 0 aromatic heterocycles. The minimum Gasteiger partial charge on any atom is -0.381 e. The number of hydrogen-bond donors (Lipinski definition) is 1. The highest BCUT2D eigenvalue weighted by atomic mass is 19.4. The second-order valence-electron chi connectivity index (χ2n) is 5.22. The molecule has 2 rings (SSSR count). The summed E-state index contributed by atoms with van der Waals surface area (Å²) in [6.45, 7) is 3.86. The molecule has 0 aliphatic carbocycles. The Hall–Kier alpha value is -1.14. The monoisotopic (exact) mass is 305 g/mol. The van der Waals surface area contributed by atoms with E-state index < -0.39 is 17.6 Å². The molecule has 1 fully saturated rings. The summed E-state index contributed by atoms with van der Waals surface area (Å²) in [6, 6.07) is 3.06. The predicted molar refractivity (Wildman–Crippen MR) is 71.4 cm³/mol. The van der Waals surface area contributed by atoms with Crippen molar-refractivity contribution in [1.82, 2.24) is 5.32 Å². The van der Waals surface area contributed by atoms with Gasteiger partial charge in [0.25, 0.3) is 0 Å². The second-order valence-corrected chi connectivity index (χ2v) is 5.22. The summed E-state index contributed by atoms with van der Waals surface area (Å²) in [6.07, 6.45) is -3.02. The largest absolute Gasteiger partial charge is 0.419 e. The summed E-state index contributed by atoms with van der Waals surface area (Å²) in [5.74, 6) is -0.968. The molecule has 1 aromatic carbocycles. The third kappa shape index (κ3) is 3.95. The Kier molecular flexibility index (Phi) is 5.22. The lowest BCUT2D eigenvalue weighted by Gasteiger charge is -2.31. The molecule has 1 unspecified atom stereocenters. The van der Waals surface area contributed by atoms with E-state index in [1.807, 2.05) is 6.92 Å². The van der Waals surface area contributed by atoms with Gasteiger partial charge in [-0.15, -0.1) is 0 Å². The number of halogens is 4. The standard InChI is InChI=1S/C15H19F4NO/c1-2-20-14(10-5-7-21-8-6-10)11-3-4-12(13(16)9-11)15(17,18)19/h3-4,9-10,14,20H,2,5-8H2,1H3. The lowest BCUT2D eigenvalue weighted by molar-refractivity contribution is -0.140. The molecule has 1 saturated heterocycles. The molecule has 0 saturated carbocycles. The minimum absolute atomic E-state index is 0.143. The van der Waals surface area contributed by atoms with Crippen molar-refractivity contribution in [1.29, 1.82) is 0 Å². The lowest BCUT2D eigenvalue weighted by Crippen LogP contribution is -2.32. The highest BCUT2D eigenvalue weighted by Gasteiger charge is 2.35. The molecule has 0 spiro atoms. The first-order valence-corrected chi connectivity index (χ1v) is 7.11. The van der Waals surface area contributed by atoms with Gasteiger partial charge in [-0.3, -0.25) is 0 Å².